The Labute approximate surface area is 125 Å². The molecule has 0 radical (unpaired) electrons. The molecule has 6 heteroatoms. The van der Waals surface area contributed by atoms with Crippen LogP contribution in [0, 0.1) is 13.8 Å². The van der Waals surface area contributed by atoms with Crippen molar-refractivity contribution in [2.45, 2.75) is 19.4 Å². The Hall–Kier alpha value is -1.76. The van der Waals surface area contributed by atoms with Gasteiger partial charge >= 0.3 is 0 Å². The third-order valence-electron chi connectivity index (χ3n) is 3.92. The summed E-state index contributed by atoms with van der Waals surface area (Å²) < 4.78 is 8.21. The lowest BCUT2D eigenvalue weighted by Crippen LogP contribution is -2.46. The van der Waals surface area contributed by atoms with Gasteiger partial charge in [-0.15, -0.1) is 0 Å². The first-order chi connectivity index (χ1) is 10.1. The Balaban J connectivity index is 1.83. The van der Waals surface area contributed by atoms with Gasteiger partial charge in [-0.2, -0.15) is 4.98 Å². The molecule has 0 spiro atoms. The fraction of sp³-hybridized carbons (Fsp3) is 0.333. The zero-order valence-electron chi connectivity index (χ0n) is 11.8. The molecular weight excluding hydrogens is 286 g/mol. The summed E-state index contributed by atoms with van der Waals surface area (Å²) in [5.74, 6) is 0. The molecule has 1 N–H and O–H groups in total. The van der Waals surface area contributed by atoms with Gasteiger partial charge in [0, 0.05) is 23.1 Å². The zero-order valence-corrected chi connectivity index (χ0v) is 12.6. The van der Waals surface area contributed by atoms with Crippen LogP contribution in [-0.2, 0) is 10.3 Å². The van der Waals surface area contributed by atoms with Crippen molar-refractivity contribution in [3.8, 4) is 5.13 Å². The van der Waals surface area contributed by atoms with Gasteiger partial charge < -0.3 is 9.84 Å². The van der Waals surface area contributed by atoms with E-state index in [1.54, 1.807) is 17.5 Å². The van der Waals surface area contributed by atoms with Crippen molar-refractivity contribution >= 4 is 21.7 Å². The average molecular weight is 301 g/mol. The van der Waals surface area contributed by atoms with E-state index >= 15 is 0 Å². The van der Waals surface area contributed by atoms with Crippen molar-refractivity contribution in [1.29, 1.82) is 0 Å². The monoisotopic (exact) mass is 301 g/mol. The molecule has 21 heavy (non-hydrogen) atoms. The van der Waals surface area contributed by atoms with Crippen LogP contribution in [0.25, 0.3) is 15.5 Å². The average Bonchev–Trinajstić information content (AvgIpc) is 2.98. The molecule has 4 heterocycles. The smallest absolute Gasteiger partial charge is 0.196 e. The van der Waals surface area contributed by atoms with E-state index in [9.17, 15) is 5.11 Å². The van der Waals surface area contributed by atoms with Crippen LogP contribution in [0.1, 0.15) is 17.0 Å². The predicted molar refractivity (Wildman–Crippen MR) is 80.9 cm³/mol. The van der Waals surface area contributed by atoms with Crippen LogP contribution in [0.15, 0.2) is 24.4 Å². The molecule has 5 nitrogen and oxygen atoms in total. The highest BCUT2D eigenvalue weighted by molar-refractivity contribution is 7.20. The molecule has 3 aromatic rings. The van der Waals surface area contributed by atoms with E-state index in [4.69, 9.17) is 4.74 Å². The summed E-state index contributed by atoms with van der Waals surface area (Å²) in [7, 11) is 0. The molecule has 0 bridgehead atoms. The summed E-state index contributed by atoms with van der Waals surface area (Å²) in [6.07, 6.45) is 1.70. The van der Waals surface area contributed by atoms with E-state index < -0.39 is 5.60 Å². The van der Waals surface area contributed by atoms with Crippen LogP contribution < -0.4 is 0 Å². The zero-order chi connectivity index (χ0) is 14.6. The number of hydrogen-bond acceptors (Lipinski definition) is 5. The van der Waals surface area contributed by atoms with Crippen molar-refractivity contribution in [2.24, 2.45) is 0 Å². The molecule has 1 aliphatic rings. The Morgan fingerprint density at radius 2 is 2.00 bits per heavy atom. The van der Waals surface area contributed by atoms with Crippen LogP contribution in [0.4, 0.5) is 0 Å². The quantitative estimate of drug-likeness (QED) is 0.789. The number of aryl methyl sites for hydroxylation is 2. The Morgan fingerprint density at radius 1 is 1.29 bits per heavy atom. The van der Waals surface area contributed by atoms with Crippen LogP contribution in [0.3, 0.4) is 0 Å². The van der Waals surface area contributed by atoms with Gasteiger partial charge in [0.2, 0.25) is 0 Å². The molecule has 108 valence electrons. The second-order valence-electron chi connectivity index (χ2n) is 5.52. The summed E-state index contributed by atoms with van der Waals surface area (Å²) in [5, 5.41) is 11.2. The van der Waals surface area contributed by atoms with Crippen LogP contribution in [0.2, 0.25) is 0 Å². The third-order valence-corrected chi connectivity index (χ3v) is 4.89. The molecule has 0 aromatic carbocycles. The van der Waals surface area contributed by atoms with Gasteiger partial charge in [-0.3, -0.25) is 4.57 Å². The van der Waals surface area contributed by atoms with Gasteiger partial charge in [0.05, 0.1) is 17.9 Å². The molecule has 1 fully saturated rings. The predicted octanol–water partition coefficient (Wildman–Crippen LogP) is 2.32. The third kappa shape index (κ3) is 1.91. The Morgan fingerprint density at radius 3 is 2.62 bits per heavy atom. The number of ether oxygens (including phenoxy) is 1. The second kappa shape index (κ2) is 4.37. The standard InChI is InChI=1S/C15H15N3O2S/c1-9-3-4-10(2)18(9)14-17-13-12(21-14)5-11(6-16-13)15(19)7-20-8-15/h3-6,19H,7-8H2,1-2H3. The first-order valence-corrected chi connectivity index (χ1v) is 7.61. The van der Waals surface area contributed by atoms with Crippen molar-refractivity contribution < 1.29 is 9.84 Å². The maximum atomic E-state index is 10.3. The highest BCUT2D eigenvalue weighted by Crippen LogP contribution is 2.33. The van der Waals surface area contributed by atoms with Gasteiger partial charge in [-0.05, 0) is 32.0 Å². The molecule has 1 saturated heterocycles. The SMILES string of the molecule is Cc1ccc(C)n1-c1nc2ncc(C3(O)COC3)cc2s1. The van der Waals surface area contributed by atoms with Crippen LogP contribution in [0.5, 0.6) is 0 Å². The Kier molecular flexibility index (Phi) is 2.69. The Bertz CT molecular complexity index is 813. The number of nitrogens with zero attached hydrogens (tertiary/aromatic N) is 3. The van der Waals surface area contributed by atoms with Crippen molar-refractivity contribution in [3.63, 3.8) is 0 Å². The molecule has 0 atom stereocenters. The van der Waals surface area contributed by atoms with Crippen LogP contribution >= 0.6 is 11.3 Å². The minimum Gasteiger partial charge on any atom is -0.380 e. The van der Waals surface area contributed by atoms with E-state index in [1.165, 1.54) is 0 Å². The normalized spacial score (nSPS) is 17.1. The second-order valence-corrected chi connectivity index (χ2v) is 6.53. The van der Waals surface area contributed by atoms with Gasteiger partial charge in [0.15, 0.2) is 10.8 Å². The van der Waals surface area contributed by atoms with Gasteiger partial charge in [-0.25, -0.2) is 4.98 Å². The number of hydrogen-bond donors (Lipinski definition) is 1. The lowest BCUT2D eigenvalue weighted by atomic mass is 9.94. The highest BCUT2D eigenvalue weighted by Gasteiger charge is 2.38. The lowest BCUT2D eigenvalue weighted by molar-refractivity contribution is -0.184. The first kappa shape index (κ1) is 12.9. The number of thiazole rings is 1. The maximum absolute atomic E-state index is 10.3. The van der Waals surface area contributed by atoms with Gasteiger partial charge in [0.25, 0.3) is 0 Å². The van der Waals surface area contributed by atoms with Crippen molar-refractivity contribution in [3.05, 3.63) is 41.3 Å². The number of rotatable bonds is 2. The molecule has 0 aliphatic carbocycles. The number of fused-ring (bicyclic) bond motifs is 1. The molecule has 3 aromatic heterocycles. The molecule has 0 amide bonds. The maximum Gasteiger partial charge on any atom is 0.196 e. The number of aliphatic hydroxyl groups is 1. The topological polar surface area (TPSA) is 60.2 Å². The highest BCUT2D eigenvalue weighted by atomic mass is 32.1. The van der Waals surface area contributed by atoms with Gasteiger partial charge in [-0.1, -0.05) is 11.3 Å². The van der Waals surface area contributed by atoms with E-state index in [0.29, 0.717) is 13.2 Å². The molecule has 4 rings (SSSR count). The summed E-state index contributed by atoms with van der Waals surface area (Å²) >= 11 is 1.59. The van der Waals surface area contributed by atoms with E-state index in [1.807, 2.05) is 6.07 Å². The minimum atomic E-state index is -0.884. The fourth-order valence-corrected chi connectivity index (χ4v) is 3.67. The van der Waals surface area contributed by atoms with Crippen molar-refractivity contribution in [1.82, 2.24) is 14.5 Å². The van der Waals surface area contributed by atoms with E-state index in [0.717, 1.165) is 32.4 Å². The first-order valence-electron chi connectivity index (χ1n) is 6.79. The number of pyridine rings is 1. The largest absolute Gasteiger partial charge is 0.380 e. The van der Waals surface area contributed by atoms with E-state index in [2.05, 4.69) is 40.5 Å². The van der Waals surface area contributed by atoms with E-state index in [-0.39, 0.29) is 0 Å². The summed E-state index contributed by atoms with van der Waals surface area (Å²) in [5.41, 5.74) is 2.94. The molecule has 0 unspecified atom stereocenters. The molecule has 0 saturated carbocycles. The fourth-order valence-electron chi connectivity index (χ4n) is 2.59. The molecular formula is C15H15N3O2S. The number of aromatic nitrogens is 3. The van der Waals surface area contributed by atoms with Crippen LogP contribution in [-0.4, -0.2) is 32.9 Å². The summed E-state index contributed by atoms with van der Waals surface area (Å²) in [6.45, 7) is 4.79. The minimum absolute atomic E-state index is 0.335. The molecule has 1 aliphatic heterocycles. The van der Waals surface area contributed by atoms with Gasteiger partial charge in [0.1, 0.15) is 5.60 Å². The summed E-state index contributed by atoms with van der Waals surface area (Å²) in [6, 6.07) is 6.13. The summed E-state index contributed by atoms with van der Waals surface area (Å²) in [4.78, 5) is 8.99. The van der Waals surface area contributed by atoms with Crippen molar-refractivity contribution in [2.75, 3.05) is 13.2 Å². The lowest BCUT2D eigenvalue weighted by Gasteiger charge is -2.36.